The number of carbonyl (C=O) groups is 1. The Hall–Kier alpha value is -2.99. The van der Waals surface area contributed by atoms with Gasteiger partial charge < -0.3 is 0 Å². The van der Waals surface area contributed by atoms with Crippen LogP contribution in [0.25, 0.3) is 10.8 Å². The number of amides is 1. The quantitative estimate of drug-likeness (QED) is 0.505. The molecular weight excluding hydrogens is 376 g/mol. The lowest BCUT2D eigenvalue weighted by molar-refractivity contribution is 0.0949. The van der Waals surface area contributed by atoms with E-state index >= 15 is 0 Å². The number of aromatic nitrogens is 2. The minimum Gasteiger partial charge on any atom is -0.267 e. The third-order valence-electron chi connectivity index (χ3n) is 4.34. The van der Waals surface area contributed by atoms with Crippen molar-refractivity contribution < 1.29 is 4.79 Å². The van der Waals surface area contributed by atoms with Crippen molar-refractivity contribution in [2.75, 3.05) is 0 Å². The van der Waals surface area contributed by atoms with Gasteiger partial charge in [-0.15, -0.1) is 0 Å². The van der Waals surface area contributed by atoms with Gasteiger partial charge in [-0.25, -0.2) is 10.1 Å². The number of fused-ring (bicyclic) bond motifs is 1. The molecule has 28 heavy (non-hydrogen) atoms. The minimum absolute atomic E-state index is 0.174. The van der Waals surface area contributed by atoms with Gasteiger partial charge in [-0.2, -0.15) is 10.2 Å². The number of nitrogens with one attached hydrogen (secondary N) is 1. The van der Waals surface area contributed by atoms with Crippen LogP contribution in [-0.2, 0) is 6.54 Å². The van der Waals surface area contributed by atoms with Crippen molar-refractivity contribution in [2.45, 2.75) is 33.2 Å². The molecule has 0 spiro atoms. The summed E-state index contributed by atoms with van der Waals surface area (Å²) < 4.78 is 1.28. The molecule has 1 heterocycles. The lowest BCUT2D eigenvalue weighted by atomic mass is 10.1. The van der Waals surface area contributed by atoms with Crippen LogP contribution in [0.15, 0.2) is 58.4 Å². The number of nitrogens with zero attached hydrogens (tertiary/aromatic N) is 3. The maximum absolute atomic E-state index is 12.8. The van der Waals surface area contributed by atoms with E-state index in [1.54, 1.807) is 36.4 Å². The van der Waals surface area contributed by atoms with Crippen molar-refractivity contribution in [3.05, 3.63) is 75.2 Å². The van der Waals surface area contributed by atoms with E-state index in [0.717, 1.165) is 17.7 Å². The molecular formula is C21H21ClN4O2. The average molecular weight is 397 g/mol. The number of hydrogen-bond acceptors (Lipinski definition) is 4. The van der Waals surface area contributed by atoms with E-state index in [1.165, 1.54) is 4.68 Å². The van der Waals surface area contributed by atoms with E-state index < -0.39 is 5.91 Å². The maximum atomic E-state index is 12.8. The molecule has 0 fully saturated rings. The van der Waals surface area contributed by atoms with Crippen molar-refractivity contribution in [3.63, 3.8) is 0 Å². The smallest absolute Gasteiger partial charge is 0.267 e. The van der Waals surface area contributed by atoms with Gasteiger partial charge >= 0.3 is 0 Å². The first-order chi connectivity index (χ1) is 13.5. The summed E-state index contributed by atoms with van der Waals surface area (Å²) in [5.41, 5.74) is 4.20. The Morgan fingerprint density at radius 1 is 1.11 bits per heavy atom. The van der Waals surface area contributed by atoms with Crippen molar-refractivity contribution in [1.29, 1.82) is 0 Å². The maximum Gasteiger partial charge on any atom is 0.292 e. The molecule has 0 atom stereocenters. The van der Waals surface area contributed by atoms with Crippen LogP contribution < -0.4 is 11.0 Å². The molecule has 144 valence electrons. The van der Waals surface area contributed by atoms with Crippen molar-refractivity contribution in [3.8, 4) is 0 Å². The molecule has 7 heteroatoms. The van der Waals surface area contributed by atoms with Gasteiger partial charge in [0, 0.05) is 17.0 Å². The Balaban J connectivity index is 1.97. The number of hydrogen-bond donors (Lipinski definition) is 1. The Morgan fingerprint density at radius 3 is 2.43 bits per heavy atom. The lowest BCUT2D eigenvalue weighted by Gasteiger charge is -2.10. The average Bonchev–Trinajstić information content (AvgIpc) is 2.72. The second-order valence-electron chi connectivity index (χ2n) is 6.27. The summed E-state index contributed by atoms with van der Waals surface area (Å²) in [7, 11) is 0. The van der Waals surface area contributed by atoms with Crippen LogP contribution >= 0.6 is 11.6 Å². The van der Waals surface area contributed by atoms with Gasteiger partial charge in [-0.1, -0.05) is 55.3 Å². The molecule has 0 saturated carbocycles. The Kier molecular flexibility index (Phi) is 6.21. The summed E-state index contributed by atoms with van der Waals surface area (Å²) in [6.07, 6.45) is 1.57. The highest BCUT2D eigenvalue weighted by Gasteiger charge is 2.16. The minimum atomic E-state index is -0.457. The first-order valence-corrected chi connectivity index (χ1v) is 9.55. The summed E-state index contributed by atoms with van der Waals surface area (Å²) >= 11 is 5.95. The van der Waals surface area contributed by atoms with E-state index in [-0.39, 0.29) is 11.3 Å². The van der Waals surface area contributed by atoms with E-state index in [0.29, 0.717) is 28.8 Å². The fourth-order valence-electron chi connectivity index (χ4n) is 2.93. The Bertz CT molecular complexity index is 1090. The van der Waals surface area contributed by atoms with Crippen LogP contribution in [0.5, 0.6) is 0 Å². The number of benzene rings is 2. The molecule has 0 unspecified atom stereocenters. The third-order valence-corrected chi connectivity index (χ3v) is 4.59. The van der Waals surface area contributed by atoms with Gasteiger partial charge in [-0.05, 0) is 37.1 Å². The van der Waals surface area contributed by atoms with Crippen molar-refractivity contribution >= 4 is 34.0 Å². The molecule has 0 radical (unpaired) electrons. The van der Waals surface area contributed by atoms with Crippen LogP contribution in [0.4, 0.5) is 0 Å². The molecule has 1 amide bonds. The molecule has 0 bridgehead atoms. The van der Waals surface area contributed by atoms with Crippen LogP contribution in [0.2, 0.25) is 5.02 Å². The normalized spacial score (nSPS) is 11.6. The second kappa shape index (κ2) is 8.80. The zero-order chi connectivity index (χ0) is 20.1. The molecule has 1 aromatic heterocycles. The molecule has 3 aromatic rings. The molecule has 0 saturated heterocycles. The van der Waals surface area contributed by atoms with Crippen LogP contribution in [0.1, 0.15) is 42.7 Å². The van der Waals surface area contributed by atoms with Crippen LogP contribution in [-0.4, -0.2) is 21.4 Å². The van der Waals surface area contributed by atoms with E-state index in [1.807, 2.05) is 26.0 Å². The predicted octanol–water partition coefficient (Wildman–Crippen LogP) is 4.00. The zero-order valence-corrected chi connectivity index (χ0v) is 16.5. The zero-order valence-electron chi connectivity index (χ0n) is 15.8. The molecule has 3 rings (SSSR count). The summed E-state index contributed by atoms with van der Waals surface area (Å²) in [6, 6.07) is 14.3. The number of carbonyl (C=O) groups excluding carboxylic acids is 1. The second-order valence-corrected chi connectivity index (χ2v) is 6.71. The van der Waals surface area contributed by atoms with Crippen molar-refractivity contribution in [2.24, 2.45) is 5.10 Å². The lowest BCUT2D eigenvalue weighted by Crippen LogP contribution is -2.29. The highest BCUT2D eigenvalue weighted by molar-refractivity contribution is 6.30. The fourth-order valence-corrected chi connectivity index (χ4v) is 3.06. The third kappa shape index (κ3) is 4.12. The summed E-state index contributed by atoms with van der Waals surface area (Å²) in [6.45, 7) is 4.22. The van der Waals surface area contributed by atoms with Crippen LogP contribution in [0, 0.1) is 0 Å². The standard InChI is InChI=1S/C21H21ClN4O2/c1-3-7-18(14-10-12-15(22)13-11-14)23-24-20(27)19-16-8-5-6-9-17(16)21(28)26(4-2)25-19/h5-6,8-13H,3-4,7H2,1-2H3,(H,24,27)/b23-18-. The van der Waals surface area contributed by atoms with E-state index in [4.69, 9.17) is 11.6 Å². The first kappa shape index (κ1) is 19.8. The topological polar surface area (TPSA) is 76.3 Å². The van der Waals surface area contributed by atoms with Gasteiger partial charge in [0.2, 0.25) is 0 Å². The van der Waals surface area contributed by atoms with Gasteiger partial charge in [0.05, 0.1) is 11.1 Å². The van der Waals surface area contributed by atoms with Crippen LogP contribution in [0.3, 0.4) is 0 Å². The van der Waals surface area contributed by atoms with Crippen molar-refractivity contribution in [1.82, 2.24) is 15.2 Å². The number of halogens is 1. The van der Waals surface area contributed by atoms with Gasteiger partial charge in [0.15, 0.2) is 5.69 Å². The molecule has 0 aliphatic heterocycles. The van der Waals surface area contributed by atoms with Gasteiger partial charge in [-0.3, -0.25) is 9.59 Å². The summed E-state index contributed by atoms with van der Waals surface area (Å²) in [5.74, 6) is -0.457. The largest absolute Gasteiger partial charge is 0.292 e. The fraction of sp³-hybridized carbons (Fsp3) is 0.238. The summed E-state index contributed by atoms with van der Waals surface area (Å²) in [4.78, 5) is 25.2. The molecule has 6 nitrogen and oxygen atoms in total. The monoisotopic (exact) mass is 396 g/mol. The van der Waals surface area contributed by atoms with Gasteiger partial charge in [0.1, 0.15) is 0 Å². The summed E-state index contributed by atoms with van der Waals surface area (Å²) in [5, 5.41) is 10.2. The number of hydrazone groups is 1. The number of aryl methyl sites for hydroxylation is 1. The predicted molar refractivity (Wildman–Crippen MR) is 112 cm³/mol. The highest BCUT2D eigenvalue weighted by Crippen LogP contribution is 2.14. The first-order valence-electron chi connectivity index (χ1n) is 9.17. The van der Waals surface area contributed by atoms with Gasteiger partial charge in [0.25, 0.3) is 11.5 Å². The molecule has 2 aromatic carbocycles. The molecule has 0 aliphatic carbocycles. The molecule has 0 aliphatic rings. The van der Waals surface area contributed by atoms with E-state index in [9.17, 15) is 9.59 Å². The SMILES string of the molecule is CCC/C(=N/NC(=O)c1nn(CC)c(=O)c2ccccc12)c1ccc(Cl)cc1. The van der Waals surface area contributed by atoms with E-state index in [2.05, 4.69) is 15.6 Å². The highest BCUT2D eigenvalue weighted by atomic mass is 35.5. The Labute approximate surface area is 167 Å². The molecule has 1 N–H and O–H groups in total. The number of rotatable bonds is 6. The Morgan fingerprint density at radius 2 is 1.79 bits per heavy atom.